The van der Waals surface area contributed by atoms with Crippen LogP contribution >= 0.6 is 0 Å². The highest BCUT2D eigenvalue weighted by atomic mass is 16.5. The number of rotatable bonds is 5. The monoisotopic (exact) mass is 297 g/mol. The van der Waals surface area contributed by atoms with Crippen molar-refractivity contribution in [2.24, 2.45) is 0 Å². The Bertz CT molecular complexity index is 814. The fourth-order valence-electron chi connectivity index (χ4n) is 2.51. The highest BCUT2D eigenvalue weighted by Crippen LogP contribution is 2.35. The number of aryl methyl sites for hydroxylation is 1. The van der Waals surface area contributed by atoms with Crippen LogP contribution in [-0.2, 0) is 4.74 Å². The number of benzene rings is 2. The number of methoxy groups -OCH3 is 2. The third kappa shape index (κ3) is 2.70. The van der Waals surface area contributed by atoms with Crippen molar-refractivity contribution in [3.63, 3.8) is 0 Å². The van der Waals surface area contributed by atoms with Crippen molar-refractivity contribution in [3.05, 3.63) is 42.0 Å². The smallest absolute Gasteiger partial charge is 0.138 e. The second-order valence-electron chi connectivity index (χ2n) is 5.19. The molecule has 114 valence electrons. The lowest BCUT2D eigenvalue weighted by atomic mass is 10.1. The minimum absolute atomic E-state index is 0.496. The lowest BCUT2D eigenvalue weighted by molar-refractivity contribution is 0.148. The van der Waals surface area contributed by atoms with Crippen molar-refractivity contribution in [2.75, 3.05) is 27.4 Å². The molecule has 4 heteroatoms. The van der Waals surface area contributed by atoms with Gasteiger partial charge in [-0.05, 0) is 42.8 Å². The maximum Gasteiger partial charge on any atom is 0.138 e. The van der Waals surface area contributed by atoms with Gasteiger partial charge in [0, 0.05) is 17.9 Å². The van der Waals surface area contributed by atoms with Crippen LogP contribution in [0.1, 0.15) is 5.56 Å². The van der Waals surface area contributed by atoms with Crippen LogP contribution in [0.3, 0.4) is 0 Å². The van der Waals surface area contributed by atoms with E-state index in [1.807, 2.05) is 18.2 Å². The number of fused-ring (bicyclic) bond motifs is 2. The van der Waals surface area contributed by atoms with Gasteiger partial charge in [0.2, 0.25) is 0 Å². The first-order chi connectivity index (χ1) is 10.7. The zero-order valence-electron chi connectivity index (χ0n) is 13.1. The Hall–Kier alpha value is -2.33. The molecule has 0 spiro atoms. The van der Waals surface area contributed by atoms with E-state index in [0.717, 1.165) is 33.3 Å². The van der Waals surface area contributed by atoms with Gasteiger partial charge < -0.3 is 14.2 Å². The van der Waals surface area contributed by atoms with Gasteiger partial charge in [-0.3, -0.25) is 0 Å². The van der Waals surface area contributed by atoms with Crippen molar-refractivity contribution in [2.45, 2.75) is 6.92 Å². The van der Waals surface area contributed by atoms with E-state index in [-0.39, 0.29) is 0 Å². The van der Waals surface area contributed by atoms with Crippen molar-refractivity contribution in [1.82, 2.24) is 4.98 Å². The zero-order valence-corrected chi connectivity index (χ0v) is 13.1. The second kappa shape index (κ2) is 6.20. The summed E-state index contributed by atoms with van der Waals surface area (Å²) in [6, 6.07) is 12.0. The Morgan fingerprint density at radius 2 is 1.77 bits per heavy atom. The summed E-state index contributed by atoms with van der Waals surface area (Å²) in [5.74, 6) is 1.62. The average molecular weight is 297 g/mol. The normalized spacial score (nSPS) is 11.0. The van der Waals surface area contributed by atoms with Crippen molar-refractivity contribution < 1.29 is 14.2 Å². The fraction of sp³-hybridized carbons (Fsp3) is 0.278. The predicted molar refractivity (Wildman–Crippen MR) is 87.9 cm³/mol. The largest absolute Gasteiger partial charge is 0.497 e. The molecule has 3 rings (SSSR count). The molecular weight excluding hydrogens is 278 g/mol. The summed E-state index contributed by atoms with van der Waals surface area (Å²) >= 11 is 0. The van der Waals surface area contributed by atoms with Crippen LogP contribution < -0.4 is 9.47 Å². The SMILES string of the molecule is COCCOc1c2ccc(C)cc2nc2ccc(OC)cc12. The Labute approximate surface area is 129 Å². The molecule has 0 N–H and O–H groups in total. The molecule has 0 aliphatic heterocycles. The molecule has 0 aliphatic carbocycles. The lowest BCUT2D eigenvalue weighted by Gasteiger charge is -2.13. The second-order valence-corrected chi connectivity index (χ2v) is 5.19. The standard InChI is InChI=1S/C18H19NO3/c1-12-4-6-14-17(10-12)19-16-7-5-13(21-3)11-15(16)18(14)22-9-8-20-2/h4-7,10-11H,8-9H2,1-3H3. The number of hydrogen-bond acceptors (Lipinski definition) is 4. The van der Waals surface area contributed by atoms with Gasteiger partial charge >= 0.3 is 0 Å². The molecule has 22 heavy (non-hydrogen) atoms. The van der Waals surface area contributed by atoms with E-state index in [0.29, 0.717) is 13.2 Å². The molecule has 2 aromatic carbocycles. The van der Waals surface area contributed by atoms with Crippen LogP contribution in [0.25, 0.3) is 21.8 Å². The van der Waals surface area contributed by atoms with Gasteiger partial charge in [0.15, 0.2) is 0 Å². The van der Waals surface area contributed by atoms with Crippen molar-refractivity contribution in [3.8, 4) is 11.5 Å². The third-order valence-corrected chi connectivity index (χ3v) is 3.62. The van der Waals surface area contributed by atoms with Crippen LogP contribution in [0.4, 0.5) is 0 Å². The van der Waals surface area contributed by atoms with Crippen LogP contribution in [-0.4, -0.2) is 32.4 Å². The molecule has 3 aromatic rings. The van der Waals surface area contributed by atoms with Crippen molar-refractivity contribution >= 4 is 21.8 Å². The van der Waals surface area contributed by atoms with Crippen LogP contribution in [0.5, 0.6) is 11.5 Å². The summed E-state index contributed by atoms with van der Waals surface area (Å²) in [6.07, 6.45) is 0. The van der Waals surface area contributed by atoms with Gasteiger partial charge in [0.05, 0.1) is 24.8 Å². The highest BCUT2D eigenvalue weighted by Gasteiger charge is 2.11. The number of pyridine rings is 1. The summed E-state index contributed by atoms with van der Waals surface area (Å²) in [4.78, 5) is 4.74. The summed E-state index contributed by atoms with van der Waals surface area (Å²) in [5, 5.41) is 1.95. The van der Waals surface area contributed by atoms with Gasteiger partial charge in [-0.25, -0.2) is 4.98 Å². The van der Waals surface area contributed by atoms with Crippen LogP contribution in [0, 0.1) is 6.92 Å². The molecule has 1 heterocycles. The minimum Gasteiger partial charge on any atom is -0.497 e. The number of nitrogens with zero attached hydrogens (tertiary/aromatic N) is 1. The molecule has 0 amide bonds. The predicted octanol–water partition coefficient (Wildman–Crippen LogP) is 3.73. The number of hydrogen-bond donors (Lipinski definition) is 0. The lowest BCUT2D eigenvalue weighted by Crippen LogP contribution is -2.05. The van der Waals surface area contributed by atoms with E-state index in [2.05, 4.69) is 25.1 Å². The van der Waals surface area contributed by atoms with E-state index in [1.165, 1.54) is 5.56 Å². The van der Waals surface area contributed by atoms with E-state index in [9.17, 15) is 0 Å². The quantitative estimate of drug-likeness (QED) is 0.531. The Balaban J connectivity index is 2.24. The van der Waals surface area contributed by atoms with Crippen LogP contribution in [0.15, 0.2) is 36.4 Å². The molecule has 0 fully saturated rings. The molecular formula is C18H19NO3. The molecule has 0 bridgehead atoms. The number of ether oxygens (including phenoxy) is 3. The Morgan fingerprint density at radius 3 is 2.55 bits per heavy atom. The van der Waals surface area contributed by atoms with E-state index in [1.54, 1.807) is 14.2 Å². The first kappa shape index (κ1) is 14.6. The summed E-state index contributed by atoms with van der Waals surface area (Å²) in [5.41, 5.74) is 3.01. The maximum absolute atomic E-state index is 5.99. The summed E-state index contributed by atoms with van der Waals surface area (Å²) < 4.78 is 16.4. The molecule has 0 unspecified atom stereocenters. The van der Waals surface area contributed by atoms with Gasteiger partial charge in [0.25, 0.3) is 0 Å². The molecule has 0 saturated heterocycles. The molecule has 0 radical (unpaired) electrons. The van der Waals surface area contributed by atoms with Gasteiger partial charge in [-0.1, -0.05) is 6.07 Å². The summed E-state index contributed by atoms with van der Waals surface area (Å²) in [6.45, 7) is 3.10. The molecule has 4 nitrogen and oxygen atoms in total. The molecule has 1 aromatic heterocycles. The summed E-state index contributed by atoms with van der Waals surface area (Å²) in [7, 11) is 3.32. The first-order valence-electron chi connectivity index (χ1n) is 7.23. The minimum atomic E-state index is 0.496. The fourth-order valence-corrected chi connectivity index (χ4v) is 2.51. The van der Waals surface area contributed by atoms with Crippen molar-refractivity contribution in [1.29, 1.82) is 0 Å². The van der Waals surface area contributed by atoms with E-state index < -0.39 is 0 Å². The maximum atomic E-state index is 5.99. The molecule has 0 aliphatic rings. The van der Waals surface area contributed by atoms with Gasteiger partial charge in [-0.15, -0.1) is 0 Å². The van der Waals surface area contributed by atoms with E-state index in [4.69, 9.17) is 19.2 Å². The first-order valence-corrected chi connectivity index (χ1v) is 7.23. The van der Waals surface area contributed by atoms with E-state index >= 15 is 0 Å². The molecule has 0 saturated carbocycles. The van der Waals surface area contributed by atoms with Crippen LogP contribution in [0.2, 0.25) is 0 Å². The highest BCUT2D eigenvalue weighted by molar-refractivity contribution is 6.01. The third-order valence-electron chi connectivity index (χ3n) is 3.62. The average Bonchev–Trinajstić information content (AvgIpc) is 2.53. The number of aromatic nitrogens is 1. The molecule has 0 atom stereocenters. The topological polar surface area (TPSA) is 40.6 Å². The van der Waals surface area contributed by atoms with Gasteiger partial charge in [0.1, 0.15) is 18.1 Å². The zero-order chi connectivity index (χ0) is 15.5. The van der Waals surface area contributed by atoms with Gasteiger partial charge in [-0.2, -0.15) is 0 Å². The Kier molecular flexibility index (Phi) is 4.11. The Morgan fingerprint density at radius 1 is 0.909 bits per heavy atom.